The summed E-state index contributed by atoms with van der Waals surface area (Å²) in [6, 6.07) is 7.84. The molecule has 0 spiro atoms. The van der Waals surface area contributed by atoms with E-state index in [1.807, 2.05) is 18.2 Å². The topological polar surface area (TPSA) is 61.4 Å². The Morgan fingerprint density at radius 2 is 2.14 bits per heavy atom. The van der Waals surface area contributed by atoms with Gasteiger partial charge >= 0.3 is 0 Å². The van der Waals surface area contributed by atoms with Crippen LogP contribution in [0.5, 0.6) is 0 Å². The Labute approximate surface area is 139 Å². The highest BCUT2D eigenvalue weighted by atomic mass is 35.5. The van der Waals surface area contributed by atoms with E-state index >= 15 is 0 Å². The van der Waals surface area contributed by atoms with Gasteiger partial charge < -0.3 is 15.7 Å². The first-order valence-corrected chi connectivity index (χ1v) is 7.66. The van der Waals surface area contributed by atoms with Gasteiger partial charge in [-0.1, -0.05) is 38.1 Å². The SMILES string of the molecule is CC(O)CC(C)(C)CNC(=O)C1NCCc2ccccc21.Cl. The van der Waals surface area contributed by atoms with Crippen LogP contribution in [-0.4, -0.2) is 30.2 Å². The van der Waals surface area contributed by atoms with Crippen LogP contribution in [-0.2, 0) is 11.2 Å². The number of hydrogen-bond acceptors (Lipinski definition) is 3. The summed E-state index contributed by atoms with van der Waals surface area (Å²) in [6.07, 6.45) is 1.28. The maximum absolute atomic E-state index is 12.5. The fraction of sp³-hybridized carbons (Fsp3) is 0.588. The first kappa shape index (κ1) is 18.9. The van der Waals surface area contributed by atoms with Crippen LogP contribution >= 0.6 is 12.4 Å². The van der Waals surface area contributed by atoms with Crippen molar-refractivity contribution in [1.29, 1.82) is 0 Å². The van der Waals surface area contributed by atoms with Crippen LogP contribution in [0.2, 0.25) is 0 Å². The zero-order valence-electron chi connectivity index (χ0n) is 13.6. The van der Waals surface area contributed by atoms with E-state index in [2.05, 4.69) is 30.5 Å². The molecule has 22 heavy (non-hydrogen) atoms. The summed E-state index contributed by atoms with van der Waals surface area (Å²) in [6.45, 7) is 7.29. The Kier molecular flexibility index (Phi) is 6.85. The predicted octanol–water partition coefficient (Wildman–Crippen LogP) is 2.21. The third-order valence-corrected chi connectivity index (χ3v) is 3.96. The van der Waals surface area contributed by atoms with E-state index in [-0.39, 0.29) is 35.9 Å². The van der Waals surface area contributed by atoms with Crippen LogP contribution in [0.15, 0.2) is 24.3 Å². The Bertz CT molecular complexity index is 503. The molecule has 0 saturated carbocycles. The van der Waals surface area contributed by atoms with Crippen molar-refractivity contribution in [2.24, 2.45) is 5.41 Å². The summed E-state index contributed by atoms with van der Waals surface area (Å²) in [4.78, 5) is 12.5. The zero-order valence-corrected chi connectivity index (χ0v) is 14.4. The van der Waals surface area contributed by atoms with Gasteiger partial charge in [-0.15, -0.1) is 12.4 Å². The van der Waals surface area contributed by atoms with E-state index < -0.39 is 0 Å². The third-order valence-electron chi connectivity index (χ3n) is 3.96. The number of rotatable bonds is 5. The lowest BCUT2D eigenvalue weighted by Crippen LogP contribution is -2.44. The molecule has 1 aromatic rings. The predicted molar refractivity (Wildman–Crippen MR) is 91.2 cm³/mol. The fourth-order valence-corrected chi connectivity index (χ4v) is 3.04. The fourth-order valence-electron chi connectivity index (χ4n) is 3.04. The lowest BCUT2D eigenvalue weighted by molar-refractivity contribution is -0.124. The van der Waals surface area contributed by atoms with Crippen LogP contribution in [0.1, 0.15) is 44.4 Å². The van der Waals surface area contributed by atoms with Gasteiger partial charge in [-0.05, 0) is 36.3 Å². The first-order chi connectivity index (χ1) is 9.89. The minimum atomic E-state index is -0.356. The minimum absolute atomic E-state index is 0. The van der Waals surface area contributed by atoms with Gasteiger partial charge in [0, 0.05) is 13.1 Å². The molecule has 2 atom stereocenters. The van der Waals surface area contributed by atoms with Crippen LogP contribution in [0.25, 0.3) is 0 Å². The molecular formula is C17H27ClN2O2. The summed E-state index contributed by atoms with van der Waals surface area (Å²) in [5.74, 6) is 0.0146. The number of amides is 1. The number of halogens is 1. The van der Waals surface area contributed by atoms with E-state index in [0.717, 1.165) is 18.5 Å². The van der Waals surface area contributed by atoms with Gasteiger partial charge in [-0.2, -0.15) is 0 Å². The van der Waals surface area contributed by atoms with Gasteiger partial charge in [-0.3, -0.25) is 4.79 Å². The number of nitrogens with one attached hydrogen (secondary N) is 2. The Morgan fingerprint density at radius 3 is 2.82 bits per heavy atom. The summed E-state index contributed by atoms with van der Waals surface area (Å²) >= 11 is 0. The van der Waals surface area contributed by atoms with Gasteiger partial charge in [0.05, 0.1) is 6.10 Å². The quantitative estimate of drug-likeness (QED) is 0.777. The van der Waals surface area contributed by atoms with Gasteiger partial charge in [0.2, 0.25) is 5.91 Å². The van der Waals surface area contributed by atoms with Crippen molar-refractivity contribution in [2.45, 2.75) is 45.8 Å². The van der Waals surface area contributed by atoms with Crippen LogP contribution in [0.4, 0.5) is 0 Å². The Balaban J connectivity index is 0.00000242. The summed E-state index contributed by atoms with van der Waals surface area (Å²) < 4.78 is 0. The maximum atomic E-state index is 12.5. The molecule has 1 amide bonds. The monoisotopic (exact) mass is 326 g/mol. The van der Waals surface area contributed by atoms with Crippen molar-refractivity contribution >= 4 is 18.3 Å². The van der Waals surface area contributed by atoms with Gasteiger partial charge in [0.1, 0.15) is 6.04 Å². The maximum Gasteiger partial charge on any atom is 0.241 e. The molecule has 5 heteroatoms. The third kappa shape index (κ3) is 4.97. The number of carbonyl (C=O) groups excluding carboxylic acids is 1. The number of hydrogen-bond donors (Lipinski definition) is 3. The molecule has 1 heterocycles. The molecule has 3 N–H and O–H groups in total. The van der Waals surface area contributed by atoms with Crippen molar-refractivity contribution in [1.82, 2.24) is 10.6 Å². The van der Waals surface area contributed by atoms with E-state index in [0.29, 0.717) is 13.0 Å². The summed E-state index contributed by atoms with van der Waals surface area (Å²) in [7, 11) is 0. The average Bonchev–Trinajstić information content (AvgIpc) is 2.43. The number of benzene rings is 1. The molecule has 2 unspecified atom stereocenters. The zero-order chi connectivity index (χ0) is 15.5. The molecule has 4 nitrogen and oxygen atoms in total. The van der Waals surface area contributed by atoms with Crippen LogP contribution in [0.3, 0.4) is 0 Å². The Hall–Kier alpha value is -1.10. The molecule has 0 aliphatic carbocycles. The normalized spacial score (nSPS) is 18.8. The molecule has 1 aromatic carbocycles. The van der Waals surface area contributed by atoms with Gasteiger partial charge in [-0.25, -0.2) is 0 Å². The highest BCUT2D eigenvalue weighted by molar-refractivity contribution is 5.85. The minimum Gasteiger partial charge on any atom is -0.393 e. The van der Waals surface area contributed by atoms with E-state index in [1.165, 1.54) is 5.56 Å². The number of aliphatic hydroxyl groups excluding tert-OH is 1. The second-order valence-electron chi connectivity index (χ2n) is 6.77. The van der Waals surface area contributed by atoms with E-state index in [4.69, 9.17) is 0 Å². The number of fused-ring (bicyclic) bond motifs is 1. The highest BCUT2D eigenvalue weighted by Crippen LogP contribution is 2.24. The molecule has 0 fully saturated rings. The Morgan fingerprint density at radius 1 is 1.45 bits per heavy atom. The van der Waals surface area contributed by atoms with Crippen molar-refractivity contribution in [3.8, 4) is 0 Å². The van der Waals surface area contributed by atoms with E-state index in [9.17, 15) is 9.90 Å². The highest BCUT2D eigenvalue weighted by Gasteiger charge is 2.27. The molecule has 0 radical (unpaired) electrons. The van der Waals surface area contributed by atoms with Crippen molar-refractivity contribution in [3.63, 3.8) is 0 Å². The molecule has 2 rings (SSSR count). The van der Waals surface area contributed by atoms with Gasteiger partial charge in [0.15, 0.2) is 0 Å². The molecular weight excluding hydrogens is 300 g/mol. The standard InChI is InChI=1S/C17H26N2O2.ClH/c1-12(20)10-17(2,3)11-19-16(21)15-14-7-5-4-6-13(14)8-9-18-15;/h4-7,12,15,18,20H,8-11H2,1-3H3,(H,19,21);1H. The summed E-state index contributed by atoms with van der Waals surface area (Å²) in [5.41, 5.74) is 2.21. The molecule has 124 valence electrons. The number of carbonyl (C=O) groups is 1. The van der Waals surface area contributed by atoms with Crippen LogP contribution < -0.4 is 10.6 Å². The molecule has 0 saturated heterocycles. The van der Waals surface area contributed by atoms with Gasteiger partial charge in [0.25, 0.3) is 0 Å². The molecule has 1 aliphatic heterocycles. The lowest BCUT2D eigenvalue weighted by Gasteiger charge is -2.30. The first-order valence-electron chi connectivity index (χ1n) is 7.66. The van der Waals surface area contributed by atoms with Crippen molar-refractivity contribution in [2.75, 3.05) is 13.1 Å². The molecule has 1 aliphatic rings. The second-order valence-corrected chi connectivity index (χ2v) is 6.77. The van der Waals surface area contributed by atoms with Crippen molar-refractivity contribution < 1.29 is 9.90 Å². The average molecular weight is 327 g/mol. The number of aliphatic hydroxyl groups is 1. The van der Waals surface area contributed by atoms with Crippen LogP contribution in [0, 0.1) is 5.41 Å². The smallest absolute Gasteiger partial charge is 0.241 e. The molecule has 0 bridgehead atoms. The van der Waals surface area contributed by atoms with E-state index in [1.54, 1.807) is 6.92 Å². The molecule has 0 aromatic heterocycles. The van der Waals surface area contributed by atoms with Crippen molar-refractivity contribution in [3.05, 3.63) is 35.4 Å². The summed E-state index contributed by atoms with van der Waals surface area (Å²) in [5, 5.41) is 15.8. The largest absolute Gasteiger partial charge is 0.393 e. The second kappa shape index (κ2) is 7.95. The lowest BCUT2D eigenvalue weighted by atomic mass is 9.86.